The van der Waals surface area contributed by atoms with E-state index >= 15 is 0 Å². The zero-order valence-electron chi connectivity index (χ0n) is 9.17. The van der Waals surface area contributed by atoms with E-state index in [-0.39, 0.29) is 18.6 Å². The lowest BCUT2D eigenvalue weighted by molar-refractivity contribution is -0.144. The van der Waals surface area contributed by atoms with Crippen molar-refractivity contribution in [3.05, 3.63) is 34.4 Å². The van der Waals surface area contributed by atoms with Crippen LogP contribution in [0.4, 0.5) is 8.78 Å². The predicted molar refractivity (Wildman–Crippen MR) is 59.7 cm³/mol. The largest absolute Gasteiger partial charge is 0.465 e. The molecule has 2 N–H and O–H groups in total. The second kappa shape index (κ2) is 5.93. The quantitative estimate of drug-likeness (QED) is 0.668. The number of esters is 1. The van der Waals surface area contributed by atoms with Crippen LogP contribution in [-0.4, -0.2) is 18.6 Å². The molecule has 0 aromatic heterocycles. The van der Waals surface area contributed by atoms with Gasteiger partial charge >= 0.3 is 5.97 Å². The van der Waals surface area contributed by atoms with Gasteiger partial charge in [0.2, 0.25) is 0 Å². The van der Waals surface area contributed by atoms with Crippen molar-refractivity contribution in [2.24, 2.45) is 5.73 Å². The number of carbonyl (C=O) groups excluding carboxylic acids is 1. The van der Waals surface area contributed by atoms with Gasteiger partial charge in [-0.2, -0.15) is 0 Å². The monoisotopic (exact) mass is 263 g/mol. The van der Waals surface area contributed by atoms with Crippen molar-refractivity contribution in [1.29, 1.82) is 0 Å². The third-order valence-electron chi connectivity index (χ3n) is 2.14. The Hall–Kier alpha value is -1.20. The van der Waals surface area contributed by atoms with E-state index in [4.69, 9.17) is 17.3 Å². The standard InChI is InChI=1S/C11H12ClF2NO2/c1-2-17-11(16)8(15)5-6-3-4-7(13)9(12)10(6)14/h3-4,8H,2,5,15H2,1H3. The molecule has 0 aliphatic heterocycles. The first-order chi connectivity index (χ1) is 7.97. The highest BCUT2D eigenvalue weighted by Crippen LogP contribution is 2.22. The van der Waals surface area contributed by atoms with Gasteiger partial charge in [0, 0.05) is 6.42 Å². The molecule has 0 amide bonds. The predicted octanol–water partition coefficient (Wildman–Crippen LogP) is 2.05. The van der Waals surface area contributed by atoms with Crippen LogP contribution in [0.1, 0.15) is 12.5 Å². The Balaban J connectivity index is 2.82. The summed E-state index contributed by atoms with van der Waals surface area (Å²) in [5, 5.41) is -0.599. The molecule has 17 heavy (non-hydrogen) atoms. The van der Waals surface area contributed by atoms with Gasteiger partial charge in [-0.15, -0.1) is 0 Å². The van der Waals surface area contributed by atoms with Crippen molar-refractivity contribution in [2.45, 2.75) is 19.4 Å². The Morgan fingerprint density at radius 2 is 2.18 bits per heavy atom. The molecule has 0 radical (unpaired) electrons. The summed E-state index contributed by atoms with van der Waals surface area (Å²) >= 11 is 5.40. The van der Waals surface area contributed by atoms with E-state index in [9.17, 15) is 13.6 Å². The summed E-state index contributed by atoms with van der Waals surface area (Å²) in [5.41, 5.74) is 5.59. The van der Waals surface area contributed by atoms with E-state index in [1.54, 1.807) is 6.92 Å². The molecule has 0 spiro atoms. The van der Waals surface area contributed by atoms with Gasteiger partial charge in [-0.3, -0.25) is 4.79 Å². The van der Waals surface area contributed by atoms with Crippen LogP contribution < -0.4 is 5.73 Å². The number of hydrogen-bond acceptors (Lipinski definition) is 3. The van der Waals surface area contributed by atoms with Gasteiger partial charge in [-0.05, 0) is 18.6 Å². The number of benzene rings is 1. The summed E-state index contributed by atoms with van der Waals surface area (Å²) in [6, 6.07) is 1.24. The highest BCUT2D eigenvalue weighted by atomic mass is 35.5. The number of carbonyl (C=O) groups is 1. The fraction of sp³-hybridized carbons (Fsp3) is 0.364. The molecule has 1 rings (SSSR count). The average Bonchev–Trinajstić information content (AvgIpc) is 2.30. The van der Waals surface area contributed by atoms with Crippen LogP contribution in [0.5, 0.6) is 0 Å². The van der Waals surface area contributed by atoms with Crippen LogP contribution in [0, 0.1) is 11.6 Å². The van der Waals surface area contributed by atoms with Crippen molar-refractivity contribution >= 4 is 17.6 Å². The fourth-order valence-electron chi connectivity index (χ4n) is 1.29. The van der Waals surface area contributed by atoms with Crippen molar-refractivity contribution in [3.8, 4) is 0 Å². The highest BCUT2D eigenvalue weighted by molar-refractivity contribution is 6.30. The zero-order valence-corrected chi connectivity index (χ0v) is 9.93. The lowest BCUT2D eigenvalue weighted by atomic mass is 10.1. The molecule has 1 atom stereocenters. The van der Waals surface area contributed by atoms with Gasteiger partial charge in [0.1, 0.15) is 22.7 Å². The Morgan fingerprint density at radius 3 is 2.76 bits per heavy atom. The molecular formula is C11H12ClF2NO2. The summed E-state index contributed by atoms with van der Waals surface area (Å²) in [6.07, 6.45) is -0.0926. The Kier molecular flexibility index (Phi) is 4.84. The molecule has 3 nitrogen and oxygen atoms in total. The van der Waals surface area contributed by atoms with Crippen molar-refractivity contribution in [3.63, 3.8) is 0 Å². The molecule has 0 saturated carbocycles. The molecule has 0 heterocycles. The fourth-order valence-corrected chi connectivity index (χ4v) is 1.48. The average molecular weight is 264 g/mol. The first-order valence-electron chi connectivity index (χ1n) is 5.02. The lowest BCUT2D eigenvalue weighted by Gasteiger charge is -2.11. The first-order valence-corrected chi connectivity index (χ1v) is 5.39. The maximum absolute atomic E-state index is 13.5. The van der Waals surface area contributed by atoms with E-state index in [0.717, 1.165) is 6.07 Å². The Bertz CT molecular complexity index is 426. The molecule has 6 heteroatoms. The highest BCUT2D eigenvalue weighted by Gasteiger charge is 2.19. The molecule has 94 valence electrons. The Labute approximate surface area is 103 Å². The second-order valence-electron chi connectivity index (χ2n) is 3.40. The summed E-state index contributed by atoms with van der Waals surface area (Å²) in [6.45, 7) is 1.83. The smallest absolute Gasteiger partial charge is 0.323 e. The second-order valence-corrected chi connectivity index (χ2v) is 3.78. The minimum absolute atomic E-state index is 0.0805. The van der Waals surface area contributed by atoms with Crippen LogP contribution in [0.15, 0.2) is 12.1 Å². The number of halogens is 3. The molecule has 1 aromatic rings. The Morgan fingerprint density at radius 1 is 1.53 bits per heavy atom. The van der Waals surface area contributed by atoms with Crippen molar-refractivity contribution < 1.29 is 18.3 Å². The van der Waals surface area contributed by atoms with E-state index in [1.807, 2.05) is 0 Å². The molecule has 0 saturated heterocycles. The van der Waals surface area contributed by atoms with Gasteiger partial charge < -0.3 is 10.5 Å². The maximum Gasteiger partial charge on any atom is 0.323 e. The van der Waals surface area contributed by atoms with Gasteiger partial charge in [0.15, 0.2) is 0 Å². The van der Waals surface area contributed by atoms with Crippen molar-refractivity contribution in [1.82, 2.24) is 0 Å². The van der Waals surface area contributed by atoms with Crippen LogP contribution >= 0.6 is 11.6 Å². The van der Waals surface area contributed by atoms with Crippen molar-refractivity contribution in [2.75, 3.05) is 6.61 Å². The van der Waals surface area contributed by atoms with Gasteiger partial charge in [0.05, 0.1) is 6.61 Å². The summed E-state index contributed by atoms with van der Waals surface area (Å²) in [5.74, 6) is -2.38. The van der Waals surface area contributed by atoms with Gasteiger partial charge in [0.25, 0.3) is 0 Å². The third-order valence-corrected chi connectivity index (χ3v) is 2.49. The molecule has 0 bridgehead atoms. The SMILES string of the molecule is CCOC(=O)C(N)Cc1ccc(F)c(Cl)c1F. The molecule has 1 aromatic carbocycles. The minimum atomic E-state index is -0.994. The first kappa shape index (κ1) is 13.9. The normalized spacial score (nSPS) is 12.3. The summed E-state index contributed by atoms with van der Waals surface area (Å²) in [7, 11) is 0. The number of rotatable bonds is 4. The van der Waals surface area contributed by atoms with E-state index in [1.165, 1.54) is 6.07 Å². The summed E-state index contributed by atoms with van der Waals surface area (Å²) in [4.78, 5) is 11.2. The zero-order chi connectivity index (χ0) is 13.0. The molecule has 0 aliphatic carbocycles. The molecule has 0 fully saturated rings. The van der Waals surface area contributed by atoms with E-state index in [2.05, 4.69) is 4.74 Å². The van der Waals surface area contributed by atoms with Crippen LogP contribution in [0.2, 0.25) is 5.02 Å². The lowest BCUT2D eigenvalue weighted by Crippen LogP contribution is -2.34. The maximum atomic E-state index is 13.5. The number of nitrogens with two attached hydrogens (primary N) is 1. The number of hydrogen-bond donors (Lipinski definition) is 1. The topological polar surface area (TPSA) is 52.3 Å². The summed E-state index contributed by atoms with van der Waals surface area (Å²) < 4.78 is 31.1. The third kappa shape index (κ3) is 3.38. The molecule has 0 aliphatic rings. The van der Waals surface area contributed by atoms with Crippen LogP contribution in [-0.2, 0) is 16.0 Å². The van der Waals surface area contributed by atoms with E-state index in [0.29, 0.717) is 0 Å². The van der Waals surface area contributed by atoms with Crippen LogP contribution in [0.25, 0.3) is 0 Å². The van der Waals surface area contributed by atoms with Gasteiger partial charge in [-0.25, -0.2) is 8.78 Å². The molecule has 1 unspecified atom stereocenters. The van der Waals surface area contributed by atoms with E-state index < -0.39 is 28.7 Å². The molecular weight excluding hydrogens is 252 g/mol. The van der Waals surface area contributed by atoms with Crippen LogP contribution in [0.3, 0.4) is 0 Å². The number of ether oxygens (including phenoxy) is 1. The van der Waals surface area contributed by atoms with Gasteiger partial charge in [-0.1, -0.05) is 17.7 Å². The minimum Gasteiger partial charge on any atom is -0.465 e.